The summed E-state index contributed by atoms with van der Waals surface area (Å²) in [6.07, 6.45) is 9.60. The zero-order valence-corrected chi connectivity index (χ0v) is 19.0. The van der Waals surface area contributed by atoms with Crippen LogP contribution in [0.4, 0.5) is 11.4 Å². The van der Waals surface area contributed by atoms with Crippen molar-refractivity contribution in [3.8, 4) is 18.4 Å². The minimum atomic E-state index is -1.63. The Morgan fingerprint density at radius 3 is 2.62 bits per heavy atom. The lowest BCUT2D eigenvalue weighted by Gasteiger charge is -2.46. The molecule has 1 unspecified atom stereocenters. The lowest BCUT2D eigenvalue weighted by atomic mass is 9.60. The van der Waals surface area contributed by atoms with Crippen LogP contribution in [-0.4, -0.2) is 23.2 Å². The summed E-state index contributed by atoms with van der Waals surface area (Å²) < 4.78 is 0. The number of benzene rings is 1. The molecule has 5 rings (SSSR count). The van der Waals surface area contributed by atoms with Crippen molar-refractivity contribution in [3.63, 3.8) is 0 Å². The molecule has 3 aliphatic rings. The van der Waals surface area contributed by atoms with Gasteiger partial charge < -0.3 is 5.73 Å². The van der Waals surface area contributed by atoms with E-state index in [2.05, 4.69) is 17.0 Å². The number of rotatable bonds is 2. The van der Waals surface area contributed by atoms with Crippen LogP contribution < -0.4 is 15.5 Å². The van der Waals surface area contributed by atoms with Crippen LogP contribution in [0, 0.1) is 29.1 Å². The van der Waals surface area contributed by atoms with Crippen LogP contribution in [0.15, 0.2) is 71.5 Å². The van der Waals surface area contributed by atoms with Crippen molar-refractivity contribution in [2.45, 2.75) is 32.1 Å². The highest BCUT2D eigenvalue weighted by Crippen LogP contribution is 2.58. The van der Waals surface area contributed by atoms with E-state index in [-0.39, 0.29) is 35.6 Å². The second kappa shape index (κ2) is 7.33. The van der Waals surface area contributed by atoms with Gasteiger partial charge >= 0.3 is 0 Å². The first-order valence-corrected chi connectivity index (χ1v) is 11.0. The molecule has 7 nitrogen and oxygen atoms in total. The summed E-state index contributed by atoms with van der Waals surface area (Å²) in [5.41, 5.74) is 7.43. The van der Waals surface area contributed by atoms with E-state index in [9.17, 15) is 14.9 Å². The Balaban J connectivity index is 1.92. The van der Waals surface area contributed by atoms with Crippen LogP contribution in [0.5, 0.6) is 0 Å². The Kier molecular flexibility index (Phi) is 4.63. The number of terminal acetylenes is 1. The Morgan fingerprint density at radius 1 is 1.18 bits per heavy atom. The smallest absolute Gasteiger partial charge is 0.248 e. The van der Waals surface area contributed by atoms with E-state index in [0.717, 1.165) is 0 Å². The number of pyridine rings is 1. The zero-order chi connectivity index (χ0) is 24.3. The minimum Gasteiger partial charge on any atom is -0.384 e. The second-order valence-corrected chi connectivity index (χ2v) is 9.54. The number of nitriles is 1. The van der Waals surface area contributed by atoms with Crippen LogP contribution in [0.2, 0.25) is 0 Å². The van der Waals surface area contributed by atoms with Gasteiger partial charge in [-0.15, -0.1) is 6.42 Å². The number of hydrogen-bond acceptors (Lipinski definition) is 6. The number of carbonyl (C=O) groups excluding carboxylic acids is 2. The molecule has 0 radical (unpaired) electrons. The fourth-order valence-electron chi connectivity index (χ4n) is 5.59. The molecule has 2 aromatic rings. The van der Waals surface area contributed by atoms with Gasteiger partial charge in [0.15, 0.2) is 5.78 Å². The quantitative estimate of drug-likeness (QED) is 0.707. The van der Waals surface area contributed by atoms with Crippen LogP contribution in [0.25, 0.3) is 0 Å². The van der Waals surface area contributed by atoms with Gasteiger partial charge in [0.2, 0.25) is 5.91 Å². The monoisotopic (exact) mass is 449 g/mol. The predicted molar refractivity (Wildman–Crippen MR) is 128 cm³/mol. The second-order valence-electron chi connectivity index (χ2n) is 9.54. The number of aromatic nitrogens is 1. The van der Waals surface area contributed by atoms with Crippen molar-refractivity contribution in [3.05, 3.63) is 77.0 Å². The average Bonchev–Trinajstić information content (AvgIpc) is 3.03. The normalized spacial score (nSPS) is 23.1. The highest BCUT2D eigenvalue weighted by molar-refractivity contribution is 6.21. The van der Waals surface area contributed by atoms with Gasteiger partial charge in [0.05, 0.1) is 24.0 Å². The van der Waals surface area contributed by atoms with E-state index in [1.165, 1.54) is 4.90 Å². The number of anilines is 2. The first-order valence-electron chi connectivity index (χ1n) is 11.0. The minimum absolute atomic E-state index is 0.0187. The number of fused-ring (bicyclic) bond motifs is 3. The maximum atomic E-state index is 14.2. The summed E-state index contributed by atoms with van der Waals surface area (Å²) in [5.74, 6) is 2.06. The zero-order valence-electron chi connectivity index (χ0n) is 19.0. The molecule has 2 N–H and O–H groups in total. The number of para-hydroxylation sites is 1. The molecule has 34 heavy (non-hydrogen) atoms. The van der Waals surface area contributed by atoms with E-state index in [1.54, 1.807) is 47.6 Å². The number of nitrogens with two attached hydrogens (primary N) is 1. The molecule has 1 atom stereocenters. The largest absolute Gasteiger partial charge is 0.384 e. The first kappa shape index (κ1) is 21.5. The summed E-state index contributed by atoms with van der Waals surface area (Å²) in [6.45, 7) is 4.04. The molecule has 0 bridgehead atoms. The molecule has 1 aromatic carbocycles. The van der Waals surface area contributed by atoms with E-state index >= 15 is 0 Å². The Labute approximate surface area is 198 Å². The molecule has 0 saturated heterocycles. The third-order valence-electron chi connectivity index (χ3n) is 6.80. The molecule has 1 spiro atoms. The molecular weight excluding hydrogens is 426 g/mol. The van der Waals surface area contributed by atoms with Gasteiger partial charge in [0.1, 0.15) is 17.3 Å². The molecule has 0 saturated carbocycles. The van der Waals surface area contributed by atoms with Gasteiger partial charge in [-0.3, -0.25) is 24.4 Å². The number of allylic oxidation sites excluding steroid dienone is 1. The van der Waals surface area contributed by atoms with Gasteiger partial charge in [0, 0.05) is 35.1 Å². The maximum absolute atomic E-state index is 14.2. The predicted octanol–water partition coefficient (Wildman–Crippen LogP) is 3.16. The first-order chi connectivity index (χ1) is 16.3. The van der Waals surface area contributed by atoms with Gasteiger partial charge in [0.25, 0.3) is 0 Å². The third-order valence-corrected chi connectivity index (χ3v) is 6.80. The average molecular weight is 450 g/mol. The molecule has 1 aromatic heterocycles. The standard InChI is InChI=1S/C27H23N5O2/c1-4-12-31-20-10-6-5-9-18(20)27(25(31)34)19(15-28)24(29)32(17-8-7-11-30-16-17)21-13-26(2,3)14-22(33)23(21)27/h1,5-11,16H,12-14,29H2,2-3H3. The van der Waals surface area contributed by atoms with Crippen LogP contribution in [-0.2, 0) is 15.0 Å². The summed E-state index contributed by atoms with van der Waals surface area (Å²) in [4.78, 5) is 35.5. The van der Waals surface area contributed by atoms with Crippen molar-refractivity contribution in [2.24, 2.45) is 11.1 Å². The van der Waals surface area contributed by atoms with E-state index in [0.29, 0.717) is 34.6 Å². The number of Topliss-reactive ketones (excluding diaryl/α,β-unsaturated/α-hetero) is 1. The number of ketones is 1. The van der Waals surface area contributed by atoms with Gasteiger partial charge in [-0.25, -0.2) is 0 Å². The molecule has 0 fully saturated rings. The number of hydrogen-bond donors (Lipinski definition) is 1. The third kappa shape index (κ3) is 2.67. The van der Waals surface area contributed by atoms with Crippen LogP contribution >= 0.6 is 0 Å². The molecule has 3 heterocycles. The Hall–Kier alpha value is -4.36. The summed E-state index contributed by atoms with van der Waals surface area (Å²) >= 11 is 0. The fourth-order valence-corrected chi connectivity index (χ4v) is 5.59. The van der Waals surface area contributed by atoms with Gasteiger partial charge in [-0.1, -0.05) is 38.0 Å². The summed E-state index contributed by atoms with van der Waals surface area (Å²) in [7, 11) is 0. The Morgan fingerprint density at radius 2 is 1.94 bits per heavy atom. The van der Waals surface area contributed by atoms with Crippen molar-refractivity contribution >= 4 is 23.1 Å². The fraction of sp³-hybridized carbons (Fsp3) is 0.259. The van der Waals surface area contributed by atoms with Crippen molar-refractivity contribution in [1.29, 1.82) is 5.26 Å². The molecule has 2 aliphatic heterocycles. The number of amides is 1. The summed E-state index contributed by atoms with van der Waals surface area (Å²) in [5, 5.41) is 10.4. The van der Waals surface area contributed by atoms with Crippen molar-refractivity contribution in [1.82, 2.24) is 4.98 Å². The highest BCUT2D eigenvalue weighted by Gasteiger charge is 2.63. The molecule has 1 aliphatic carbocycles. The highest BCUT2D eigenvalue weighted by atomic mass is 16.2. The maximum Gasteiger partial charge on any atom is 0.248 e. The molecule has 168 valence electrons. The Bertz CT molecular complexity index is 1390. The lowest BCUT2D eigenvalue weighted by Crippen LogP contribution is -2.53. The van der Waals surface area contributed by atoms with E-state index in [1.807, 2.05) is 19.9 Å². The van der Waals surface area contributed by atoms with Crippen molar-refractivity contribution in [2.75, 3.05) is 16.3 Å². The van der Waals surface area contributed by atoms with Crippen LogP contribution in [0.3, 0.4) is 0 Å². The van der Waals surface area contributed by atoms with Gasteiger partial charge in [-0.05, 0) is 30.0 Å². The molecule has 7 heteroatoms. The topological polar surface area (TPSA) is 103 Å². The number of nitrogens with zero attached hydrogens (tertiary/aromatic N) is 4. The van der Waals surface area contributed by atoms with Crippen LogP contribution in [0.1, 0.15) is 32.3 Å². The molecule has 1 amide bonds. The van der Waals surface area contributed by atoms with Crippen molar-refractivity contribution < 1.29 is 9.59 Å². The lowest BCUT2D eigenvalue weighted by molar-refractivity contribution is -0.125. The van der Waals surface area contributed by atoms with E-state index < -0.39 is 11.3 Å². The van der Waals surface area contributed by atoms with Gasteiger partial charge in [-0.2, -0.15) is 5.26 Å². The SMILES string of the molecule is C#CCN1C(=O)C2(C(C#N)=C(N)N(c3cccnc3)C3=C2C(=O)CC(C)(C)C3)c2ccccc21. The molecular formula is C27H23N5O2. The van der Waals surface area contributed by atoms with E-state index in [4.69, 9.17) is 12.2 Å². The number of carbonyl (C=O) groups is 2. The summed E-state index contributed by atoms with van der Waals surface area (Å²) in [6, 6.07) is 13.0.